The van der Waals surface area contributed by atoms with Gasteiger partial charge in [-0.3, -0.25) is 0 Å². The van der Waals surface area contributed by atoms with Crippen LogP contribution in [0, 0.1) is 29.1 Å². The molecule has 0 N–H and O–H groups in total. The Morgan fingerprint density at radius 1 is 1.09 bits per heavy atom. The average molecular weight is 312 g/mol. The number of allylic oxidation sites excluding steroid dienone is 3. The van der Waals surface area contributed by atoms with Gasteiger partial charge in [-0.15, -0.1) is 0 Å². The molecule has 1 unspecified atom stereocenters. The smallest absolute Gasteiger partial charge is 0.334 e. The van der Waals surface area contributed by atoms with Crippen molar-refractivity contribution >= 4 is 5.97 Å². The van der Waals surface area contributed by atoms with Crippen LogP contribution in [0.15, 0.2) is 23.3 Å². The van der Waals surface area contributed by atoms with E-state index in [0.29, 0.717) is 5.92 Å². The van der Waals surface area contributed by atoms with E-state index in [1.807, 2.05) is 0 Å². The van der Waals surface area contributed by atoms with E-state index in [1.54, 1.807) is 0 Å². The van der Waals surface area contributed by atoms with Crippen molar-refractivity contribution in [1.29, 1.82) is 0 Å². The molecule has 0 aromatic carbocycles. The second-order valence-corrected chi connectivity index (χ2v) is 9.63. The van der Waals surface area contributed by atoms with Crippen molar-refractivity contribution in [3.05, 3.63) is 23.3 Å². The normalized spacial score (nSPS) is 43.6. The van der Waals surface area contributed by atoms with E-state index in [1.165, 1.54) is 44.1 Å². The predicted molar refractivity (Wildman–Crippen MR) is 89.7 cm³/mol. The lowest BCUT2D eigenvalue weighted by molar-refractivity contribution is -0.195. The van der Waals surface area contributed by atoms with Gasteiger partial charge in [-0.2, -0.15) is 0 Å². The Balaban J connectivity index is 1.39. The number of carbonyl (C=O) groups excluding carboxylic acids is 1. The van der Waals surface area contributed by atoms with Crippen LogP contribution < -0.4 is 0 Å². The first-order valence-corrected chi connectivity index (χ1v) is 9.58. The van der Waals surface area contributed by atoms with Crippen molar-refractivity contribution in [2.45, 2.75) is 70.8 Å². The number of hydrogen-bond acceptors (Lipinski definition) is 2. The minimum absolute atomic E-state index is 0.0207. The molecule has 23 heavy (non-hydrogen) atoms. The highest BCUT2D eigenvalue weighted by Crippen LogP contribution is 2.64. The van der Waals surface area contributed by atoms with E-state index in [4.69, 9.17) is 4.74 Å². The summed E-state index contributed by atoms with van der Waals surface area (Å²) in [4.78, 5) is 12.8. The van der Waals surface area contributed by atoms with Gasteiger partial charge in [0.05, 0.1) is 0 Å². The molecule has 4 fully saturated rings. The third kappa shape index (κ3) is 2.03. The fourth-order valence-corrected chi connectivity index (χ4v) is 6.89. The summed E-state index contributed by atoms with van der Waals surface area (Å²) in [7, 11) is 0. The van der Waals surface area contributed by atoms with Crippen LogP contribution in [-0.4, -0.2) is 11.6 Å². The highest BCUT2D eigenvalue weighted by molar-refractivity contribution is 5.91. The first kappa shape index (κ1) is 14.3. The molecule has 2 heteroatoms. The van der Waals surface area contributed by atoms with Gasteiger partial charge in [-0.25, -0.2) is 4.79 Å². The van der Waals surface area contributed by atoms with E-state index in [-0.39, 0.29) is 17.0 Å². The number of hydrogen-bond donors (Lipinski definition) is 0. The van der Waals surface area contributed by atoms with Crippen molar-refractivity contribution in [1.82, 2.24) is 0 Å². The quantitative estimate of drug-likeness (QED) is 0.700. The van der Waals surface area contributed by atoms with Crippen LogP contribution in [0.25, 0.3) is 0 Å². The molecule has 4 saturated carbocycles. The number of rotatable bonds is 3. The number of esters is 1. The summed E-state index contributed by atoms with van der Waals surface area (Å²) in [5, 5.41) is 0. The van der Waals surface area contributed by atoms with Crippen LogP contribution in [0.3, 0.4) is 0 Å². The Morgan fingerprint density at radius 3 is 2.17 bits per heavy atom. The minimum atomic E-state index is -0.320. The van der Waals surface area contributed by atoms with Crippen molar-refractivity contribution in [2.75, 3.05) is 0 Å². The molecule has 0 radical (unpaired) electrons. The second-order valence-electron chi connectivity index (χ2n) is 9.63. The highest BCUT2D eigenvalue weighted by Gasteiger charge is 2.58. The van der Waals surface area contributed by atoms with Gasteiger partial charge < -0.3 is 4.74 Å². The van der Waals surface area contributed by atoms with Crippen molar-refractivity contribution < 1.29 is 9.53 Å². The molecule has 0 saturated heterocycles. The Labute approximate surface area is 139 Å². The Bertz CT molecular complexity index is 586. The third-order valence-corrected chi connectivity index (χ3v) is 7.82. The van der Waals surface area contributed by atoms with Crippen LogP contribution >= 0.6 is 0 Å². The average Bonchev–Trinajstić information content (AvgIpc) is 3.07. The molecule has 0 aromatic heterocycles. The molecule has 0 heterocycles. The van der Waals surface area contributed by atoms with Gasteiger partial charge in [0.25, 0.3) is 0 Å². The maximum atomic E-state index is 12.8. The van der Waals surface area contributed by atoms with Crippen molar-refractivity contribution in [2.24, 2.45) is 29.1 Å². The maximum absolute atomic E-state index is 12.8. The largest absolute Gasteiger partial charge is 0.456 e. The first-order chi connectivity index (χ1) is 10.9. The molecule has 2 nitrogen and oxygen atoms in total. The lowest BCUT2D eigenvalue weighted by atomic mass is 9.46. The summed E-state index contributed by atoms with van der Waals surface area (Å²) in [6.45, 7) is 4.40. The van der Waals surface area contributed by atoms with Gasteiger partial charge in [-0.1, -0.05) is 12.2 Å². The lowest BCUT2D eigenvalue weighted by Gasteiger charge is -2.61. The molecule has 6 aliphatic rings. The molecule has 6 bridgehead atoms. The summed E-state index contributed by atoms with van der Waals surface area (Å²) in [6.07, 6.45) is 14.5. The standard InChI is InChI=1S/C21H28O2/c1-20(2,23-19(22)18-9-13-3-4-17(18)8-13)21-10-14-5-15(11-21)7-16(6-14)12-21/h3-4,13-16H,5-12H2,1-2H3. The minimum Gasteiger partial charge on any atom is -0.456 e. The molecule has 0 amide bonds. The summed E-state index contributed by atoms with van der Waals surface area (Å²) < 4.78 is 6.23. The second kappa shape index (κ2) is 4.52. The van der Waals surface area contributed by atoms with Crippen LogP contribution in [0.1, 0.15) is 65.2 Å². The zero-order valence-electron chi connectivity index (χ0n) is 14.4. The van der Waals surface area contributed by atoms with Gasteiger partial charge in [0.1, 0.15) is 5.60 Å². The molecule has 124 valence electrons. The van der Waals surface area contributed by atoms with E-state index < -0.39 is 0 Å². The van der Waals surface area contributed by atoms with E-state index in [2.05, 4.69) is 26.0 Å². The third-order valence-electron chi connectivity index (χ3n) is 7.82. The summed E-state index contributed by atoms with van der Waals surface area (Å²) >= 11 is 0. The van der Waals surface area contributed by atoms with Gasteiger partial charge in [0.15, 0.2) is 0 Å². The van der Waals surface area contributed by atoms with Crippen molar-refractivity contribution in [3.63, 3.8) is 0 Å². The van der Waals surface area contributed by atoms with Gasteiger partial charge in [0, 0.05) is 11.0 Å². The highest BCUT2D eigenvalue weighted by atomic mass is 16.6. The molecule has 0 aliphatic heterocycles. The summed E-state index contributed by atoms with van der Waals surface area (Å²) in [5.74, 6) is 3.23. The maximum Gasteiger partial charge on any atom is 0.334 e. The molecule has 6 aliphatic carbocycles. The van der Waals surface area contributed by atoms with E-state index in [9.17, 15) is 4.79 Å². The molecular weight excluding hydrogens is 284 g/mol. The molecular formula is C21H28O2. The van der Waals surface area contributed by atoms with Crippen LogP contribution in [0.4, 0.5) is 0 Å². The number of fused-ring (bicyclic) bond motifs is 2. The number of ether oxygens (including phenoxy) is 1. The fraction of sp³-hybridized carbons (Fsp3) is 0.762. The van der Waals surface area contributed by atoms with Crippen LogP contribution in [-0.2, 0) is 9.53 Å². The van der Waals surface area contributed by atoms with Crippen molar-refractivity contribution in [3.8, 4) is 0 Å². The lowest BCUT2D eigenvalue weighted by Crippen LogP contribution is -2.57. The molecule has 0 spiro atoms. The molecule has 1 atom stereocenters. The predicted octanol–water partition coefficient (Wildman–Crippen LogP) is 4.80. The molecule has 0 aromatic rings. The number of carbonyl (C=O) groups is 1. The first-order valence-electron chi connectivity index (χ1n) is 9.58. The Kier molecular flexibility index (Phi) is 2.81. The fourth-order valence-electron chi connectivity index (χ4n) is 6.89. The van der Waals surface area contributed by atoms with Crippen LogP contribution in [0.2, 0.25) is 0 Å². The van der Waals surface area contributed by atoms with Crippen LogP contribution in [0.5, 0.6) is 0 Å². The monoisotopic (exact) mass is 312 g/mol. The zero-order chi connectivity index (χ0) is 15.8. The SMILES string of the molecule is CC(C)(OC(=O)C1=C2C=CC(C2)C1)C12CC3CC(CC(C3)C1)C2. The summed E-state index contributed by atoms with van der Waals surface area (Å²) in [6, 6.07) is 0. The topological polar surface area (TPSA) is 26.3 Å². The zero-order valence-corrected chi connectivity index (χ0v) is 14.4. The Morgan fingerprint density at radius 2 is 1.70 bits per heavy atom. The Hall–Kier alpha value is -1.05. The summed E-state index contributed by atoms with van der Waals surface area (Å²) in [5.41, 5.74) is 2.13. The van der Waals surface area contributed by atoms with E-state index in [0.717, 1.165) is 36.2 Å². The van der Waals surface area contributed by atoms with Gasteiger partial charge >= 0.3 is 5.97 Å². The van der Waals surface area contributed by atoms with Gasteiger partial charge in [0.2, 0.25) is 0 Å². The molecule has 6 rings (SSSR count). The van der Waals surface area contributed by atoms with Gasteiger partial charge in [-0.05, 0) is 94.5 Å². The van der Waals surface area contributed by atoms with E-state index >= 15 is 0 Å².